The van der Waals surface area contributed by atoms with Gasteiger partial charge in [0.1, 0.15) is 0 Å². The highest BCUT2D eigenvalue weighted by Crippen LogP contribution is 2.25. The smallest absolute Gasteiger partial charge is 0.0351 e. The molecule has 1 nitrogen and oxygen atoms in total. The van der Waals surface area contributed by atoms with Crippen LogP contribution >= 0.6 is 11.6 Å². The second-order valence-corrected chi connectivity index (χ2v) is 4.87. The second-order valence-electron chi connectivity index (χ2n) is 4.49. The third-order valence-corrected chi connectivity index (χ3v) is 3.39. The van der Waals surface area contributed by atoms with E-state index in [1.165, 1.54) is 51.6 Å². The highest BCUT2D eigenvalue weighted by atomic mass is 35.5. The summed E-state index contributed by atoms with van der Waals surface area (Å²) in [7, 11) is 0. The number of nitrogens with zero attached hydrogens (tertiary/aromatic N) is 1. The first-order valence-corrected chi connectivity index (χ1v) is 6.68. The lowest BCUT2D eigenvalue weighted by atomic mass is 10.1. The van der Waals surface area contributed by atoms with Crippen LogP contribution in [0.3, 0.4) is 0 Å². The van der Waals surface area contributed by atoms with Gasteiger partial charge < -0.3 is 4.90 Å². The van der Waals surface area contributed by atoms with Crippen molar-refractivity contribution in [2.45, 2.75) is 45.4 Å². The molecule has 0 spiro atoms. The van der Waals surface area contributed by atoms with Crippen LogP contribution in [-0.2, 0) is 0 Å². The predicted octanol–water partition coefficient (Wildman–Crippen LogP) is 3.52. The first kappa shape index (κ1) is 12.3. The van der Waals surface area contributed by atoms with Gasteiger partial charge in [-0.05, 0) is 31.7 Å². The lowest BCUT2D eigenvalue weighted by Gasteiger charge is -2.24. The number of hydrogen-bond donors (Lipinski definition) is 0. The molecule has 0 unspecified atom stereocenters. The Morgan fingerprint density at radius 1 is 1.21 bits per heavy atom. The maximum Gasteiger partial charge on any atom is 0.0351 e. The average molecular weight is 218 g/mol. The minimum absolute atomic E-state index is 0.788. The Hall–Kier alpha value is 0.250. The Balaban J connectivity index is 2.18. The van der Waals surface area contributed by atoms with E-state index in [0.29, 0.717) is 0 Å². The van der Waals surface area contributed by atoms with Crippen LogP contribution < -0.4 is 0 Å². The molecule has 0 heterocycles. The molecule has 84 valence electrons. The standard InChI is InChI=1S/C12H24ClN/c1-2-3-9-14(10-8-13)11-12-6-4-5-7-12/h12H,2-11H2,1H3. The lowest BCUT2D eigenvalue weighted by Crippen LogP contribution is -2.31. The van der Waals surface area contributed by atoms with Crippen LogP contribution in [-0.4, -0.2) is 30.4 Å². The molecule has 0 aliphatic heterocycles. The van der Waals surface area contributed by atoms with Gasteiger partial charge in [0.05, 0.1) is 0 Å². The number of unbranched alkanes of at least 4 members (excludes halogenated alkanes) is 1. The van der Waals surface area contributed by atoms with Crippen LogP contribution in [0.5, 0.6) is 0 Å². The van der Waals surface area contributed by atoms with Crippen LogP contribution in [0, 0.1) is 5.92 Å². The zero-order valence-corrected chi connectivity index (χ0v) is 10.2. The first-order chi connectivity index (χ1) is 6.86. The van der Waals surface area contributed by atoms with E-state index in [1.807, 2.05) is 0 Å². The molecule has 1 aliphatic carbocycles. The van der Waals surface area contributed by atoms with E-state index in [1.54, 1.807) is 0 Å². The zero-order chi connectivity index (χ0) is 10.2. The van der Waals surface area contributed by atoms with Crippen molar-refractivity contribution in [2.24, 2.45) is 5.92 Å². The molecule has 0 bridgehead atoms. The van der Waals surface area contributed by atoms with E-state index in [0.717, 1.165) is 18.3 Å². The van der Waals surface area contributed by atoms with Gasteiger partial charge in [-0.3, -0.25) is 0 Å². The van der Waals surface area contributed by atoms with E-state index in [9.17, 15) is 0 Å². The quantitative estimate of drug-likeness (QED) is 0.590. The number of rotatable bonds is 7. The van der Waals surface area contributed by atoms with Crippen molar-refractivity contribution in [3.05, 3.63) is 0 Å². The van der Waals surface area contributed by atoms with Crippen LogP contribution in [0.2, 0.25) is 0 Å². The average Bonchev–Trinajstić information content (AvgIpc) is 2.67. The molecule has 0 aromatic heterocycles. The van der Waals surface area contributed by atoms with Crippen molar-refractivity contribution in [1.29, 1.82) is 0 Å². The number of alkyl halides is 1. The summed E-state index contributed by atoms with van der Waals surface area (Å²) in [5.41, 5.74) is 0. The van der Waals surface area contributed by atoms with Crippen LogP contribution in [0.4, 0.5) is 0 Å². The summed E-state index contributed by atoms with van der Waals surface area (Å²) in [6.45, 7) is 5.89. The van der Waals surface area contributed by atoms with Crippen molar-refractivity contribution in [3.8, 4) is 0 Å². The summed E-state index contributed by atoms with van der Waals surface area (Å²) in [5.74, 6) is 1.76. The molecular weight excluding hydrogens is 194 g/mol. The SMILES string of the molecule is CCCCN(CCCl)CC1CCCC1. The summed E-state index contributed by atoms with van der Waals surface area (Å²) < 4.78 is 0. The lowest BCUT2D eigenvalue weighted by molar-refractivity contribution is 0.240. The summed E-state index contributed by atoms with van der Waals surface area (Å²) in [6.07, 6.45) is 8.42. The van der Waals surface area contributed by atoms with Crippen molar-refractivity contribution in [3.63, 3.8) is 0 Å². The maximum absolute atomic E-state index is 5.82. The molecule has 0 aromatic carbocycles. The van der Waals surface area contributed by atoms with Crippen LogP contribution in [0.15, 0.2) is 0 Å². The normalized spacial score (nSPS) is 18.2. The second kappa shape index (κ2) is 7.53. The minimum atomic E-state index is 0.788. The fourth-order valence-corrected chi connectivity index (χ4v) is 2.59. The molecule has 0 amide bonds. The van der Waals surface area contributed by atoms with E-state index < -0.39 is 0 Å². The Kier molecular flexibility index (Phi) is 6.63. The van der Waals surface area contributed by atoms with E-state index >= 15 is 0 Å². The van der Waals surface area contributed by atoms with Gasteiger partial charge in [0.2, 0.25) is 0 Å². The molecule has 0 atom stereocenters. The Morgan fingerprint density at radius 3 is 2.50 bits per heavy atom. The Labute approximate surface area is 93.8 Å². The number of hydrogen-bond acceptors (Lipinski definition) is 1. The molecule has 0 aromatic rings. The summed E-state index contributed by atoms with van der Waals surface area (Å²) in [6, 6.07) is 0. The van der Waals surface area contributed by atoms with Gasteiger partial charge in [-0.15, -0.1) is 11.6 Å². The molecule has 0 radical (unpaired) electrons. The van der Waals surface area contributed by atoms with Gasteiger partial charge in [-0.25, -0.2) is 0 Å². The fourth-order valence-electron chi connectivity index (χ4n) is 2.35. The molecule has 1 rings (SSSR count). The summed E-state index contributed by atoms with van der Waals surface area (Å²) in [4.78, 5) is 2.56. The topological polar surface area (TPSA) is 3.24 Å². The van der Waals surface area contributed by atoms with Gasteiger partial charge in [0, 0.05) is 19.0 Å². The van der Waals surface area contributed by atoms with Crippen LogP contribution in [0.25, 0.3) is 0 Å². The van der Waals surface area contributed by atoms with E-state index in [4.69, 9.17) is 11.6 Å². The monoisotopic (exact) mass is 217 g/mol. The highest BCUT2D eigenvalue weighted by Gasteiger charge is 2.17. The summed E-state index contributed by atoms with van der Waals surface area (Å²) in [5, 5.41) is 0. The Morgan fingerprint density at radius 2 is 1.93 bits per heavy atom. The molecule has 2 heteroatoms. The van der Waals surface area contributed by atoms with Gasteiger partial charge in [-0.1, -0.05) is 26.2 Å². The third kappa shape index (κ3) is 4.65. The number of halogens is 1. The van der Waals surface area contributed by atoms with Crippen molar-refractivity contribution in [1.82, 2.24) is 4.90 Å². The van der Waals surface area contributed by atoms with Crippen LogP contribution in [0.1, 0.15) is 45.4 Å². The molecule has 14 heavy (non-hydrogen) atoms. The zero-order valence-electron chi connectivity index (χ0n) is 9.47. The predicted molar refractivity (Wildman–Crippen MR) is 64.0 cm³/mol. The third-order valence-electron chi connectivity index (χ3n) is 3.22. The molecule has 0 N–H and O–H groups in total. The molecule has 1 aliphatic rings. The maximum atomic E-state index is 5.82. The first-order valence-electron chi connectivity index (χ1n) is 6.15. The molecule has 1 fully saturated rings. The van der Waals surface area contributed by atoms with E-state index in [2.05, 4.69) is 11.8 Å². The highest BCUT2D eigenvalue weighted by molar-refractivity contribution is 6.18. The van der Waals surface area contributed by atoms with Gasteiger partial charge >= 0.3 is 0 Å². The fraction of sp³-hybridized carbons (Fsp3) is 1.00. The van der Waals surface area contributed by atoms with Crippen molar-refractivity contribution >= 4 is 11.6 Å². The van der Waals surface area contributed by atoms with Gasteiger partial charge in [0.15, 0.2) is 0 Å². The molecular formula is C12H24ClN. The summed E-state index contributed by atoms with van der Waals surface area (Å²) >= 11 is 5.82. The largest absolute Gasteiger partial charge is 0.302 e. The molecule has 0 saturated heterocycles. The van der Waals surface area contributed by atoms with Crippen molar-refractivity contribution < 1.29 is 0 Å². The van der Waals surface area contributed by atoms with E-state index in [-0.39, 0.29) is 0 Å². The minimum Gasteiger partial charge on any atom is -0.302 e. The van der Waals surface area contributed by atoms with Gasteiger partial charge in [0.25, 0.3) is 0 Å². The Bertz CT molecular complexity index is 132. The van der Waals surface area contributed by atoms with Crippen molar-refractivity contribution in [2.75, 3.05) is 25.5 Å². The van der Waals surface area contributed by atoms with Gasteiger partial charge in [-0.2, -0.15) is 0 Å². The molecule has 1 saturated carbocycles.